The predicted molar refractivity (Wildman–Crippen MR) is 67.2 cm³/mol. The zero-order chi connectivity index (χ0) is 14.6. The Morgan fingerprint density at radius 2 is 1.84 bits per heavy atom. The number of sulfonamides is 1. The van der Waals surface area contributed by atoms with Crippen molar-refractivity contribution < 1.29 is 22.0 Å². The Morgan fingerprint density at radius 1 is 1.32 bits per heavy atom. The van der Waals surface area contributed by atoms with Crippen LogP contribution in [-0.4, -0.2) is 33.7 Å². The van der Waals surface area contributed by atoms with Crippen molar-refractivity contribution in [2.45, 2.75) is 6.92 Å². The summed E-state index contributed by atoms with van der Waals surface area (Å²) in [5, 5.41) is 2.37. The van der Waals surface area contributed by atoms with Crippen LogP contribution in [0.2, 0.25) is 0 Å². The number of amides is 1. The van der Waals surface area contributed by atoms with E-state index in [-0.39, 0.29) is 19.0 Å². The van der Waals surface area contributed by atoms with Crippen LogP contribution >= 0.6 is 0 Å². The molecule has 0 aromatic heterocycles. The Morgan fingerprint density at radius 3 is 2.26 bits per heavy atom. The van der Waals surface area contributed by atoms with Gasteiger partial charge in [-0.2, -0.15) is 0 Å². The van der Waals surface area contributed by atoms with Crippen LogP contribution < -0.4 is 9.62 Å². The van der Waals surface area contributed by atoms with Crippen LogP contribution in [0.5, 0.6) is 0 Å². The maximum absolute atomic E-state index is 13.6. The van der Waals surface area contributed by atoms with Gasteiger partial charge in [-0.3, -0.25) is 9.10 Å². The van der Waals surface area contributed by atoms with Gasteiger partial charge in [0.25, 0.3) is 0 Å². The summed E-state index contributed by atoms with van der Waals surface area (Å²) in [6.45, 7) is 0.959. The van der Waals surface area contributed by atoms with Gasteiger partial charge in [0.1, 0.15) is 5.69 Å². The topological polar surface area (TPSA) is 66.5 Å². The molecule has 19 heavy (non-hydrogen) atoms. The first-order valence-corrected chi connectivity index (χ1v) is 7.24. The molecular formula is C11H14F2N2O3S. The van der Waals surface area contributed by atoms with Crippen LogP contribution in [0, 0.1) is 11.6 Å². The third-order valence-corrected chi connectivity index (χ3v) is 3.44. The van der Waals surface area contributed by atoms with Gasteiger partial charge in [-0.15, -0.1) is 0 Å². The van der Waals surface area contributed by atoms with Crippen LogP contribution in [0.15, 0.2) is 18.2 Å². The number of nitrogens with zero attached hydrogens (tertiary/aromatic N) is 1. The van der Waals surface area contributed by atoms with Crippen molar-refractivity contribution >= 4 is 21.6 Å². The van der Waals surface area contributed by atoms with Gasteiger partial charge < -0.3 is 5.32 Å². The summed E-state index contributed by atoms with van der Waals surface area (Å²) in [6.07, 6.45) is 0.840. The average molecular weight is 292 g/mol. The lowest BCUT2D eigenvalue weighted by molar-refractivity contribution is -0.118. The van der Waals surface area contributed by atoms with Crippen molar-refractivity contribution in [3.63, 3.8) is 0 Å². The fraction of sp³-hybridized carbons (Fsp3) is 0.364. The van der Waals surface area contributed by atoms with Crippen molar-refractivity contribution in [3.8, 4) is 0 Å². The normalized spacial score (nSPS) is 11.2. The summed E-state index contributed by atoms with van der Waals surface area (Å²) < 4.78 is 50.9. The van der Waals surface area contributed by atoms with Crippen LogP contribution in [0.3, 0.4) is 0 Å². The minimum atomic E-state index is -3.86. The number of hydrogen-bond acceptors (Lipinski definition) is 3. The van der Waals surface area contributed by atoms with Crippen LogP contribution in [-0.2, 0) is 14.8 Å². The number of carbonyl (C=O) groups excluding carboxylic acids is 1. The number of carbonyl (C=O) groups is 1. The fourth-order valence-electron chi connectivity index (χ4n) is 1.50. The minimum absolute atomic E-state index is 0.0455. The molecule has 0 aliphatic rings. The number of hydrogen-bond donors (Lipinski definition) is 1. The zero-order valence-electron chi connectivity index (χ0n) is 10.5. The molecule has 0 aliphatic heterocycles. The van der Waals surface area contributed by atoms with Gasteiger partial charge in [0.15, 0.2) is 11.6 Å². The van der Waals surface area contributed by atoms with E-state index < -0.39 is 27.3 Å². The minimum Gasteiger partial charge on any atom is -0.355 e. The van der Waals surface area contributed by atoms with Crippen LogP contribution in [0.25, 0.3) is 0 Å². The van der Waals surface area contributed by atoms with E-state index in [9.17, 15) is 22.0 Å². The monoisotopic (exact) mass is 292 g/mol. The SMILES string of the molecule is CC(=O)NCCN(c1c(F)cccc1F)S(C)(=O)=O. The van der Waals surface area contributed by atoms with Crippen LogP contribution in [0.4, 0.5) is 14.5 Å². The molecule has 0 atom stereocenters. The standard InChI is InChI=1S/C11H14F2N2O3S/c1-8(16)14-6-7-15(19(2,17)18)11-9(12)4-3-5-10(11)13/h3-5H,6-7H2,1-2H3,(H,14,16). The molecular weight excluding hydrogens is 278 g/mol. The highest BCUT2D eigenvalue weighted by Crippen LogP contribution is 2.24. The second-order valence-corrected chi connectivity index (χ2v) is 5.80. The lowest BCUT2D eigenvalue weighted by atomic mass is 10.3. The predicted octanol–water partition coefficient (Wildman–Crippen LogP) is 0.867. The molecule has 1 rings (SSSR count). The number of anilines is 1. The molecule has 8 heteroatoms. The summed E-state index contributed by atoms with van der Waals surface area (Å²) >= 11 is 0. The molecule has 1 aromatic rings. The fourth-order valence-corrected chi connectivity index (χ4v) is 2.43. The highest BCUT2D eigenvalue weighted by molar-refractivity contribution is 7.92. The number of para-hydroxylation sites is 1. The first kappa shape index (κ1) is 15.4. The maximum atomic E-state index is 13.6. The summed E-state index contributed by atoms with van der Waals surface area (Å²) in [4.78, 5) is 10.7. The lowest BCUT2D eigenvalue weighted by Crippen LogP contribution is -2.38. The van der Waals surface area contributed by atoms with Gasteiger partial charge in [0.05, 0.1) is 12.8 Å². The number of halogens is 2. The van der Waals surface area contributed by atoms with E-state index >= 15 is 0 Å². The second kappa shape index (κ2) is 5.96. The number of benzene rings is 1. The summed E-state index contributed by atoms with van der Waals surface area (Å²) in [6, 6.07) is 3.08. The molecule has 1 N–H and O–H groups in total. The van der Waals surface area contributed by atoms with Gasteiger partial charge in [0, 0.05) is 13.5 Å². The molecule has 0 heterocycles. The molecule has 0 unspecified atom stereocenters. The smallest absolute Gasteiger partial charge is 0.232 e. The zero-order valence-corrected chi connectivity index (χ0v) is 11.3. The van der Waals surface area contributed by atoms with E-state index in [4.69, 9.17) is 0 Å². The highest BCUT2D eigenvalue weighted by atomic mass is 32.2. The Hall–Kier alpha value is -1.70. The van der Waals surface area contributed by atoms with Gasteiger partial charge in [-0.05, 0) is 12.1 Å². The Balaban J connectivity index is 3.08. The van der Waals surface area contributed by atoms with Crippen molar-refractivity contribution in [2.75, 3.05) is 23.7 Å². The van der Waals surface area contributed by atoms with Crippen molar-refractivity contribution in [2.24, 2.45) is 0 Å². The largest absolute Gasteiger partial charge is 0.355 e. The van der Waals surface area contributed by atoms with Crippen molar-refractivity contribution in [3.05, 3.63) is 29.8 Å². The Labute approximate surface area is 110 Å². The van der Waals surface area contributed by atoms with Gasteiger partial charge in [-0.25, -0.2) is 17.2 Å². The molecule has 0 radical (unpaired) electrons. The lowest BCUT2D eigenvalue weighted by Gasteiger charge is -2.23. The van der Waals surface area contributed by atoms with Crippen LogP contribution in [0.1, 0.15) is 6.92 Å². The molecule has 0 fully saturated rings. The molecule has 0 spiro atoms. The molecule has 0 saturated carbocycles. The summed E-state index contributed by atoms with van der Waals surface area (Å²) in [7, 11) is -3.86. The Kier molecular flexibility index (Phi) is 4.82. The molecule has 0 saturated heterocycles. The third-order valence-electron chi connectivity index (χ3n) is 2.28. The van der Waals surface area contributed by atoms with E-state index in [2.05, 4.69) is 5.32 Å². The molecule has 0 aliphatic carbocycles. The molecule has 1 amide bonds. The first-order chi connectivity index (χ1) is 8.73. The number of rotatable bonds is 5. The van der Waals surface area contributed by atoms with E-state index in [1.807, 2.05) is 0 Å². The maximum Gasteiger partial charge on any atom is 0.232 e. The average Bonchev–Trinajstić information content (AvgIpc) is 2.24. The molecule has 5 nitrogen and oxygen atoms in total. The van der Waals surface area contributed by atoms with E-state index in [1.165, 1.54) is 6.92 Å². The summed E-state index contributed by atoms with van der Waals surface area (Å²) in [5.41, 5.74) is -0.643. The van der Waals surface area contributed by atoms with Crippen molar-refractivity contribution in [1.82, 2.24) is 5.32 Å². The Bertz CT molecular complexity index is 555. The second-order valence-electron chi connectivity index (χ2n) is 3.89. The van der Waals surface area contributed by atoms with Crippen molar-refractivity contribution in [1.29, 1.82) is 0 Å². The highest BCUT2D eigenvalue weighted by Gasteiger charge is 2.23. The molecule has 0 bridgehead atoms. The van der Waals surface area contributed by atoms with Gasteiger partial charge >= 0.3 is 0 Å². The van der Waals surface area contributed by atoms with Gasteiger partial charge in [0.2, 0.25) is 15.9 Å². The quantitative estimate of drug-likeness (QED) is 0.875. The van der Waals surface area contributed by atoms with E-state index in [0.29, 0.717) is 4.31 Å². The van der Waals surface area contributed by atoms with Gasteiger partial charge in [-0.1, -0.05) is 6.07 Å². The molecule has 1 aromatic carbocycles. The first-order valence-electron chi connectivity index (χ1n) is 5.39. The number of nitrogens with one attached hydrogen (secondary N) is 1. The summed E-state index contributed by atoms with van der Waals surface area (Å²) in [5.74, 6) is -2.32. The van der Waals surface area contributed by atoms with E-state index in [0.717, 1.165) is 24.5 Å². The van der Waals surface area contributed by atoms with E-state index in [1.54, 1.807) is 0 Å². The molecule has 106 valence electrons. The third kappa shape index (κ3) is 4.16.